The highest BCUT2D eigenvalue weighted by Crippen LogP contribution is 2.71. The predicted octanol–water partition coefficient (Wildman–Crippen LogP) is 5.49. The van der Waals surface area contributed by atoms with Crippen LogP contribution in [0.3, 0.4) is 0 Å². The third-order valence-electron chi connectivity index (χ3n) is 4.96. The number of ether oxygens (including phenoxy) is 3. The van der Waals surface area contributed by atoms with Crippen molar-refractivity contribution >= 4 is 89.7 Å². The molecule has 0 spiro atoms. The summed E-state index contributed by atoms with van der Waals surface area (Å²) in [6.07, 6.45) is -3.24. The lowest BCUT2D eigenvalue weighted by atomic mass is 10.2. The lowest BCUT2D eigenvalue weighted by molar-refractivity contribution is -0.122. The summed E-state index contributed by atoms with van der Waals surface area (Å²) in [4.78, 5) is 73.2. The number of carbonyl (C=O) groups is 6. The van der Waals surface area contributed by atoms with E-state index >= 15 is 0 Å². The van der Waals surface area contributed by atoms with Crippen LogP contribution < -0.4 is 47.8 Å². The Labute approximate surface area is 325 Å². The molecule has 53 heavy (non-hydrogen) atoms. The number of rotatable bonds is 14. The van der Waals surface area contributed by atoms with Crippen molar-refractivity contribution in [1.82, 2.24) is 47.8 Å². The van der Waals surface area contributed by atoms with E-state index in [1.54, 1.807) is 62.3 Å². The molecular weight excluding hydrogens is 824 g/mol. The van der Waals surface area contributed by atoms with Gasteiger partial charge in [-0.2, -0.15) is 4.52 Å². The zero-order chi connectivity index (χ0) is 41.3. The zero-order valence-corrected chi connectivity index (χ0v) is 36.7. The molecule has 0 saturated carbocycles. The molecule has 0 rings (SSSR count). The van der Waals surface area contributed by atoms with Crippen LogP contribution in [0.1, 0.15) is 81.6 Å². The highest BCUT2D eigenvalue weighted by molar-refractivity contribution is 8.13. The van der Waals surface area contributed by atoms with Gasteiger partial charge >= 0.3 is 18.3 Å². The molecule has 1 unspecified atom stereocenters. The summed E-state index contributed by atoms with van der Waals surface area (Å²) in [6, 6.07) is 0. The maximum Gasteiger partial charge on any atom is 0.426 e. The van der Waals surface area contributed by atoms with Gasteiger partial charge in [-0.25, -0.2) is 35.2 Å². The normalized spacial score (nSPS) is 13.2. The minimum Gasteiger partial charge on any atom is -0.443 e. The summed E-state index contributed by atoms with van der Waals surface area (Å²) in [5, 5.41) is 9.01. The molecule has 0 heterocycles. The molecule has 0 saturated heterocycles. The van der Waals surface area contributed by atoms with Crippen LogP contribution >= 0.6 is 53.7 Å². The van der Waals surface area contributed by atoms with Gasteiger partial charge in [-0.05, 0) is 80.2 Å². The van der Waals surface area contributed by atoms with E-state index < -0.39 is 72.8 Å². The molecule has 6 amide bonds. The van der Waals surface area contributed by atoms with Gasteiger partial charge in [0.2, 0.25) is 31.9 Å². The third-order valence-corrected chi connectivity index (χ3v) is 14.5. The average molecular weight is 878 g/mol. The summed E-state index contributed by atoms with van der Waals surface area (Å²) < 4.78 is 28.7. The fourth-order valence-electron chi connectivity index (χ4n) is 3.18. The number of carbonyl (C=O) groups excluding carboxylic acids is 6. The molecular formula is C26H54Cl3N12O9P3. The van der Waals surface area contributed by atoms with E-state index in [0.717, 1.165) is 0 Å². The van der Waals surface area contributed by atoms with Crippen LogP contribution in [0.5, 0.6) is 0 Å². The Morgan fingerprint density at radius 2 is 0.830 bits per heavy atom. The maximum absolute atomic E-state index is 12.5. The fourth-order valence-corrected chi connectivity index (χ4v) is 14.4. The van der Waals surface area contributed by atoms with Crippen molar-refractivity contribution < 1.29 is 43.0 Å². The highest BCUT2D eigenvalue weighted by atomic mass is 35.9. The van der Waals surface area contributed by atoms with E-state index in [9.17, 15) is 28.8 Å². The lowest BCUT2D eigenvalue weighted by Gasteiger charge is -2.26. The van der Waals surface area contributed by atoms with Gasteiger partial charge in [0.1, 0.15) is 22.6 Å². The van der Waals surface area contributed by atoms with E-state index in [1.807, 2.05) is 0 Å². The first-order valence-corrected chi connectivity index (χ1v) is 24.2. The van der Waals surface area contributed by atoms with E-state index in [1.165, 1.54) is 13.7 Å². The van der Waals surface area contributed by atoms with E-state index in [0.29, 0.717) is 0 Å². The van der Waals surface area contributed by atoms with Gasteiger partial charge in [0, 0.05) is 45.9 Å². The predicted molar refractivity (Wildman–Crippen MR) is 208 cm³/mol. The number of hydrogen-bond donors (Lipinski definition) is 9. The van der Waals surface area contributed by atoms with Gasteiger partial charge < -0.3 is 14.2 Å². The second-order valence-electron chi connectivity index (χ2n) is 13.8. The van der Waals surface area contributed by atoms with Gasteiger partial charge in [0.05, 0.1) is 0 Å². The second-order valence-corrected chi connectivity index (χ2v) is 26.2. The molecule has 0 aromatic rings. The number of halogens is 3. The second kappa shape index (κ2) is 22.3. The first kappa shape index (κ1) is 50.7. The molecule has 0 aliphatic carbocycles. The molecule has 0 aromatic carbocycles. The molecule has 9 N–H and O–H groups in total. The minimum absolute atomic E-state index is 0.0837. The monoisotopic (exact) mass is 876 g/mol. The number of nitrogens with one attached hydrogen (secondary N) is 9. The van der Waals surface area contributed by atoms with Crippen LogP contribution in [0.15, 0.2) is 13.8 Å². The Morgan fingerprint density at radius 3 is 1.09 bits per heavy atom. The number of hydrogen-bond acceptors (Lipinski definition) is 10. The van der Waals surface area contributed by atoms with Crippen molar-refractivity contribution in [3.05, 3.63) is 0 Å². The Balaban J connectivity index is 6.08. The molecule has 0 aliphatic heterocycles. The molecule has 21 nitrogen and oxygen atoms in total. The van der Waals surface area contributed by atoms with Crippen LogP contribution in [0, 0.1) is 0 Å². The average Bonchev–Trinajstić information content (AvgIpc) is 2.94. The summed E-state index contributed by atoms with van der Waals surface area (Å²) in [7, 11) is -1.98. The molecule has 0 bridgehead atoms. The summed E-state index contributed by atoms with van der Waals surface area (Å²) in [6.45, 7) is 12.5. The van der Waals surface area contributed by atoms with Crippen LogP contribution in [-0.2, 0) is 28.6 Å². The Bertz CT molecular complexity index is 1410. The first-order chi connectivity index (χ1) is 24.0. The lowest BCUT2D eigenvalue weighted by Crippen LogP contribution is -2.45. The van der Waals surface area contributed by atoms with Gasteiger partial charge in [0.25, 0.3) is 0 Å². The number of nitrogens with zero attached hydrogens (tertiary/aromatic N) is 3. The summed E-state index contributed by atoms with van der Waals surface area (Å²) >= 11 is 19.6. The summed E-state index contributed by atoms with van der Waals surface area (Å²) in [5.41, 5.74) is 10.7. The number of amides is 6. The van der Waals surface area contributed by atoms with Crippen LogP contribution in [0.25, 0.3) is 0 Å². The summed E-state index contributed by atoms with van der Waals surface area (Å²) in [5.74, 6) is -4.88. The smallest absolute Gasteiger partial charge is 0.426 e. The maximum atomic E-state index is 12.5. The third kappa shape index (κ3) is 27.8. The van der Waals surface area contributed by atoms with E-state index in [4.69, 9.17) is 52.4 Å². The van der Waals surface area contributed by atoms with E-state index in [2.05, 4.69) is 57.1 Å². The SMILES string of the molecule is CN=P(N=P(Cl)(N=P(C)(Cl)Cl)NCCC(=O)NNC(=O)OC(C)(C)C)(NCCC(=O)NNC(=O)OC(C)(C)C)NCCC(=O)NNC(=O)OC(C)(C)C. The first-order valence-electron chi connectivity index (χ1n) is 15.9. The topological polar surface area (TPSA) is 275 Å². The largest absolute Gasteiger partial charge is 0.443 e. The van der Waals surface area contributed by atoms with Crippen LogP contribution in [0.2, 0.25) is 0 Å². The van der Waals surface area contributed by atoms with E-state index in [-0.39, 0.29) is 38.9 Å². The Kier molecular flexibility index (Phi) is 21.3. The minimum atomic E-state index is -3.62. The standard InChI is InChI=1S/C26H54Cl3N12O9P3/c1-24(2,3)48-21(45)37-34-18(42)12-15-31-52(29,40-51(11,27)28)41-53(30-10,32-16-13-19(43)35-38-22(46)49-25(4,5)6)33-17-14-20(44)36-39-23(47)50-26(7,8)9/h31-33H,12-17H2,1-11H3,(H,34,42)(H,35,43)(H,36,44)(H,37,45)(H,38,46)(H,39,47). The molecule has 1 atom stereocenters. The number of hydrazine groups is 3. The Hall–Kier alpha value is -2.34. The van der Waals surface area contributed by atoms with Crippen molar-refractivity contribution in [1.29, 1.82) is 0 Å². The molecule has 0 fully saturated rings. The molecule has 0 radical (unpaired) electrons. The fraction of sp³-hybridized carbons (Fsp3) is 0.769. The van der Waals surface area contributed by atoms with Crippen molar-refractivity contribution in [2.24, 2.45) is 13.8 Å². The van der Waals surface area contributed by atoms with Gasteiger partial charge in [-0.15, -0.1) is 0 Å². The molecule has 0 aliphatic rings. The van der Waals surface area contributed by atoms with Crippen molar-refractivity contribution in [3.8, 4) is 0 Å². The zero-order valence-electron chi connectivity index (χ0n) is 31.7. The van der Waals surface area contributed by atoms with Crippen molar-refractivity contribution in [3.63, 3.8) is 0 Å². The van der Waals surface area contributed by atoms with Crippen molar-refractivity contribution in [2.45, 2.75) is 98.4 Å². The highest BCUT2D eigenvalue weighted by Gasteiger charge is 2.27. The van der Waals surface area contributed by atoms with Gasteiger partial charge in [-0.1, -0.05) is 22.5 Å². The quantitative estimate of drug-likeness (QED) is 0.0595. The molecule has 0 aromatic heterocycles. The molecule has 27 heteroatoms. The van der Waals surface area contributed by atoms with Crippen LogP contribution in [0.4, 0.5) is 14.4 Å². The molecule has 308 valence electrons. The Morgan fingerprint density at radius 1 is 0.528 bits per heavy atom. The van der Waals surface area contributed by atoms with Gasteiger partial charge in [-0.3, -0.25) is 50.7 Å². The van der Waals surface area contributed by atoms with Crippen molar-refractivity contribution in [2.75, 3.05) is 33.3 Å². The van der Waals surface area contributed by atoms with Crippen LogP contribution in [-0.4, -0.2) is 86.2 Å². The van der Waals surface area contributed by atoms with Gasteiger partial charge in [0.15, 0.2) is 0 Å².